The number of nitrogens with zero attached hydrogens (tertiary/aromatic N) is 1. The first-order valence-electron chi connectivity index (χ1n) is 5.64. The molecule has 5 heteroatoms. The van der Waals surface area contributed by atoms with Crippen LogP contribution in [0, 0.1) is 0 Å². The highest BCUT2D eigenvalue weighted by Gasteiger charge is 2.26. The molecule has 1 aromatic heterocycles. The van der Waals surface area contributed by atoms with E-state index in [0.29, 0.717) is 5.56 Å². The molecule has 2 rings (SSSR count). The van der Waals surface area contributed by atoms with Crippen LogP contribution in [-0.2, 0) is 0 Å². The maximum atomic E-state index is 11.6. The molecule has 0 radical (unpaired) electrons. The number of rotatable bonds is 1. The van der Waals surface area contributed by atoms with E-state index in [1.807, 2.05) is 0 Å². The smallest absolute Gasteiger partial charge is 0.363 e. The molecule has 0 unspecified atom stereocenters. The van der Waals surface area contributed by atoms with Crippen molar-refractivity contribution in [3.8, 4) is 0 Å². The molecule has 2 N–H and O–H groups in total. The van der Waals surface area contributed by atoms with Crippen molar-refractivity contribution in [1.82, 2.24) is 4.74 Å². The second-order valence-electron chi connectivity index (χ2n) is 4.33. The van der Waals surface area contributed by atoms with E-state index in [1.165, 1.54) is 13.3 Å². The lowest BCUT2D eigenvalue weighted by molar-refractivity contribution is 0.0819. The predicted molar refractivity (Wildman–Crippen MR) is 59.5 cm³/mol. The Kier molecular flexibility index (Phi) is 2.85. The molecule has 0 spiro atoms. The molecule has 5 nitrogen and oxygen atoms in total. The van der Waals surface area contributed by atoms with Gasteiger partial charge in [-0.05, 0) is 18.8 Å². The van der Waals surface area contributed by atoms with Crippen LogP contribution in [-0.4, -0.2) is 10.6 Å². The third kappa shape index (κ3) is 1.77. The van der Waals surface area contributed by atoms with Gasteiger partial charge in [0.05, 0.1) is 5.56 Å². The van der Waals surface area contributed by atoms with Gasteiger partial charge in [0.25, 0.3) is 5.91 Å². The molecule has 1 aliphatic rings. The van der Waals surface area contributed by atoms with E-state index in [2.05, 4.69) is 0 Å². The summed E-state index contributed by atoms with van der Waals surface area (Å²) in [5.74, 6) is -0.0216. The van der Waals surface area contributed by atoms with Gasteiger partial charge in [-0.3, -0.25) is 4.79 Å². The maximum Gasteiger partial charge on any atom is 0.363 e. The van der Waals surface area contributed by atoms with Crippen molar-refractivity contribution in [3.63, 3.8) is 0 Å². The molecule has 88 valence electrons. The lowest BCUT2D eigenvalue weighted by Crippen LogP contribution is -2.14. The molecule has 0 atom stereocenters. The summed E-state index contributed by atoms with van der Waals surface area (Å²) in [6.07, 6.45) is 5.33. The van der Waals surface area contributed by atoms with Crippen molar-refractivity contribution >= 4 is 11.7 Å². The Bertz CT molecular complexity index is 452. The van der Waals surface area contributed by atoms with Crippen molar-refractivity contribution in [1.29, 1.82) is 0 Å². The number of nitrogens with two attached hydrogens (primary N) is 1. The molecule has 1 heterocycles. The average Bonchev–Trinajstić information content (AvgIpc) is 2.56. The Morgan fingerprint density at radius 1 is 1.38 bits per heavy atom. The molecule has 0 saturated heterocycles. The fraction of sp³-hybridized carbons (Fsp3) is 0.636. The minimum absolute atomic E-state index is 0.158. The van der Waals surface area contributed by atoms with E-state index in [4.69, 9.17) is 10.3 Å². The van der Waals surface area contributed by atoms with Crippen LogP contribution in [0.1, 0.15) is 55.3 Å². The number of hydrogen-bond donors (Lipinski definition) is 1. The topological polar surface area (TPSA) is 78.2 Å². The highest BCUT2D eigenvalue weighted by molar-refractivity contribution is 5.78. The third-order valence-corrected chi connectivity index (χ3v) is 3.19. The van der Waals surface area contributed by atoms with Gasteiger partial charge in [-0.25, -0.2) is 4.79 Å². The average molecular weight is 224 g/mol. The standard InChI is InChI=1S/C11H16N2O3/c1-7(14)13-10(12)9(11(15)16-13)8-5-3-2-4-6-8/h8H,2-6,12H2,1H3. The van der Waals surface area contributed by atoms with Crippen LogP contribution in [0.5, 0.6) is 0 Å². The van der Waals surface area contributed by atoms with Gasteiger partial charge in [0.15, 0.2) is 5.82 Å². The van der Waals surface area contributed by atoms with E-state index < -0.39 is 5.63 Å². The summed E-state index contributed by atoms with van der Waals surface area (Å²) in [6, 6.07) is 0. The summed E-state index contributed by atoms with van der Waals surface area (Å²) in [5, 5.41) is 0. The summed E-state index contributed by atoms with van der Waals surface area (Å²) in [4.78, 5) is 22.8. The van der Waals surface area contributed by atoms with Crippen LogP contribution >= 0.6 is 0 Å². The summed E-state index contributed by atoms with van der Waals surface area (Å²) in [6.45, 7) is 1.32. The van der Waals surface area contributed by atoms with Crippen molar-refractivity contribution in [2.75, 3.05) is 5.73 Å². The molecular formula is C11H16N2O3. The Labute approximate surface area is 93.2 Å². The summed E-state index contributed by atoms with van der Waals surface area (Å²) >= 11 is 0. The minimum Gasteiger partial charge on any atom is -0.382 e. The zero-order valence-electron chi connectivity index (χ0n) is 9.36. The van der Waals surface area contributed by atoms with Crippen molar-refractivity contribution in [3.05, 3.63) is 16.0 Å². The number of hydrogen-bond acceptors (Lipinski definition) is 4. The highest BCUT2D eigenvalue weighted by atomic mass is 16.5. The van der Waals surface area contributed by atoms with Gasteiger partial charge in [-0.2, -0.15) is 0 Å². The molecule has 0 aliphatic heterocycles. The molecule has 1 fully saturated rings. The predicted octanol–water partition coefficient (Wildman–Crippen LogP) is 1.73. The van der Waals surface area contributed by atoms with Crippen LogP contribution in [0.15, 0.2) is 9.32 Å². The van der Waals surface area contributed by atoms with E-state index in [1.54, 1.807) is 0 Å². The van der Waals surface area contributed by atoms with Gasteiger partial charge in [0.2, 0.25) is 0 Å². The van der Waals surface area contributed by atoms with Gasteiger partial charge in [-0.15, -0.1) is 4.74 Å². The molecule has 16 heavy (non-hydrogen) atoms. The van der Waals surface area contributed by atoms with Crippen LogP contribution in [0.2, 0.25) is 0 Å². The first-order valence-corrected chi connectivity index (χ1v) is 5.64. The Morgan fingerprint density at radius 2 is 2.00 bits per heavy atom. The van der Waals surface area contributed by atoms with Crippen LogP contribution in [0.3, 0.4) is 0 Å². The zero-order chi connectivity index (χ0) is 11.7. The van der Waals surface area contributed by atoms with Gasteiger partial charge < -0.3 is 10.3 Å². The summed E-state index contributed by atoms with van der Waals surface area (Å²) in [5.41, 5.74) is 5.82. The Balaban J connectivity index is 2.40. The van der Waals surface area contributed by atoms with Crippen LogP contribution in [0.25, 0.3) is 0 Å². The second kappa shape index (κ2) is 4.15. The van der Waals surface area contributed by atoms with Crippen molar-refractivity contribution in [2.24, 2.45) is 0 Å². The number of anilines is 1. The quantitative estimate of drug-likeness (QED) is 0.787. The molecule has 1 saturated carbocycles. The molecule has 1 aromatic rings. The van der Waals surface area contributed by atoms with E-state index in [9.17, 15) is 9.59 Å². The molecule has 0 bridgehead atoms. The molecule has 1 aliphatic carbocycles. The maximum absolute atomic E-state index is 11.6. The van der Waals surface area contributed by atoms with E-state index >= 15 is 0 Å². The Morgan fingerprint density at radius 3 is 2.50 bits per heavy atom. The fourth-order valence-corrected chi connectivity index (χ4v) is 2.40. The molecular weight excluding hydrogens is 208 g/mol. The van der Waals surface area contributed by atoms with Crippen molar-refractivity contribution < 1.29 is 9.32 Å². The van der Waals surface area contributed by atoms with E-state index in [0.717, 1.165) is 30.4 Å². The van der Waals surface area contributed by atoms with Gasteiger partial charge in [-0.1, -0.05) is 19.3 Å². The number of carbonyl (C=O) groups excluding carboxylic acids is 1. The lowest BCUT2D eigenvalue weighted by Gasteiger charge is -2.19. The van der Waals surface area contributed by atoms with Gasteiger partial charge >= 0.3 is 5.63 Å². The van der Waals surface area contributed by atoms with Crippen molar-refractivity contribution in [2.45, 2.75) is 44.9 Å². The Hall–Kier alpha value is -1.52. The first kappa shape index (κ1) is 11.0. The first-order chi connectivity index (χ1) is 7.61. The summed E-state index contributed by atoms with van der Waals surface area (Å²) in [7, 11) is 0. The molecule has 0 aromatic carbocycles. The van der Waals surface area contributed by atoms with Gasteiger partial charge in [0, 0.05) is 6.92 Å². The van der Waals surface area contributed by atoms with Gasteiger partial charge in [0.1, 0.15) is 0 Å². The minimum atomic E-state index is -0.459. The normalized spacial score (nSPS) is 17.6. The largest absolute Gasteiger partial charge is 0.382 e. The molecule has 0 amide bonds. The van der Waals surface area contributed by atoms with E-state index in [-0.39, 0.29) is 17.6 Å². The number of nitrogen functional groups attached to an aromatic ring is 1. The monoisotopic (exact) mass is 224 g/mol. The highest BCUT2D eigenvalue weighted by Crippen LogP contribution is 2.33. The second-order valence-corrected chi connectivity index (χ2v) is 4.33. The fourth-order valence-electron chi connectivity index (χ4n) is 2.40. The third-order valence-electron chi connectivity index (χ3n) is 3.19. The zero-order valence-corrected chi connectivity index (χ0v) is 9.36. The van der Waals surface area contributed by atoms with Crippen LogP contribution in [0.4, 0.5) is 5.82 Å². The lowest BCUT2D eigenvalue weighted by atomic mass is 9.85. The number of aromatic nitrogens is 1. The SMILES string of the molecule is CC(=O)n1oc(=O)c(C2CCCCC2)c1N. The number of carbonyl (C=O) groups is 1. The summed E-state index contributed by atoms with van der Waals surface area (Å²) < 4.78 is 5.74. The van der Waals surface area contributed by atoms with Crippen LogP contribution < -0.4 is 11.4 Å².